The number of aromatic amines is 1. The first kappa shape index (κ1) is 21.0. The molecule has 1 aromatic heterocycles. The van der Waals surface area contributed by atoms with Gasteiger partial charge in [0.15, 0.2) is 0 Å². The fourth-order valence-electron chi connectivity index (χ4n) is 3.46. The molecule has 0 aliphatic heterocycles. The summed E-state index contributed by atoms with van der Waals surface area (Å²) in [5.41, 5.74) is 3.84. The highest BCUT2D eigenvalue weighted by molar-refractivity contribution is 7.92. The van der Waals surface area contributed by atoms with Gasteiger partial charge in [-0.1, -0.05) is 30.3 Å². The molecule has 1 heterocycles. The number of hydrogen-bond donors (Lipinski definition) is 3. The van der Waals surface area contributed by atoms with Crippen molar-refractivity contribution in [1.82, 2.24) is 10.3 Å². The van der Waals surface area contributed by atoms with Crippen molar-refractivity contribution in [3.05, 3.63) is 90.1 Å². The summed E-state index contributed by atoms with van der Waals surface area (Å²) in [4.78, 5) is 3.25. The molecule has 0 atom stereocenters. The number of hydrogen-bond acceptors (Lipinski definition) is 4. The first-order chi connectivity index (χ1) is 15.0. The van der Waals surface area contributed by atoms with E-state index in [1.54, 1.807) is 6.07 Å². The van der Waals surface area contributed by atoms with Crippen molar-refractivity contribution in [2.75, 3.05) is 17.5 Å². The third kappa shape index (κ3) is 5.87. The molecule has 3 N–H and O–H groups in total. The van der Waals surface area contributed by atoms with Gasteiger partial charge in [0.25, 0.3) is 0 Å². The lowest BCUT2D eigenvalue weighted by Gasteiger charge is -2.09. The molecular formula is C24H25N3O3S. The second-order valence-electron chi connectivity index (χ2n) is 7.44. The Morgan fingerprint density at radius 3 is 2.55 bits per heavy atom. The van der Waals surface area contributed by atoms with Gasteiger partial charge in [0.05, 0.1) is 6.26 Å². The minimum atomic E-state index is -3.30. The molecule has 0 fully saturated rings. The van der Waals surface area contributed by atoms with Gasteiger partial charge in [-0.05, 0) is 66.6 Å². The summed E-state index contributed by atoms with van der Waals surface area (Å²) < 4.78 is 31.4. The first-order valence-electron chi connectivity index (χ1n) is 10.1. The maximum Gasteiger partial charge on any atom is 0.229 e. The number of anilines is 1. The molecular weight excluding hydrogens is 410 g/mol. The molecule has 0 radical (unpaired) electrons. The van der Waals surface area contributed by atoms with E-state index in [1.807, 2.05) is 66.9 Å². The average molecular weight is 436 g/mol. The fourth-order valence-corrected chi connectivity index (χ4v) is 4.02. The van der Waals surface area contributed by atoms with Crippen LogP contribution in [0.5, 0.6) is 11.5 Å². The minimum Gasteiger partial charge on any atom is -0.457 e. The van der Waals surface area contributed by atoms with Crippen LogP contribution >= 0.6 is 0 Å². The molecule has 0 bridgehead atoms. The topological polar surface area (TPSA) is 83.2 Å². The van der Waals surface area contributed by atoms with Gasteiger partial charge in [-0.3, -0.25) is 4.72 Å². The molecule has 0 aliphatic rings. The van der Waals surface area contributed by atoms with E-state index in [-0.39, 0.29) is 0 Å². The third-order valence-corrected chi connectivity index (χ3v) is 5.45. The number of para-hydroxylation sites is 1. The molecule has 0 spiro atoms. The molecule has 3 aromatic carbocycles. The molecule has 4 rings (SSSR count). The SMILES string of the molecule is CS(=O)(=O)Nc1ccc2[nH]cc(CCNCc3cccc(Oc4ccccc4)c3)c2c1. The summed E-state index contributed by atoms with van der Waals surface area (Å²) in [5, 5.41) is 4.49. The molecule has 4 aromatic rings. The van der Waals surface area contributed by atoms with Crippen molar-refractivity contribution in [3.8, 4) is 11.5 Å². The van der Waals surface area contributed by atoms with Crippen molar-refractivity contribution in [2.45, 2.75) is 13.0 Å². The van der Waals surface area contributed by atoms with Crippen LogP contribution in [0.15, 0.2) is 79.0 Å². The van der Waals surface area contributed by atoms with Gasteiger partial charge < -0.3 is 15.0 Å². The lowest BCUT2D eigenvalue weighted by atomic mass is 10.1. The van der Waals surface area contributed by atoms with Crippen LogP contribution in [0.4, 0.5) is 5.69 Å². The van der Waals surface area contributed by atoms with Crippen molar-refractivity contribution in [3.63, 3.8) is 0 Å². The Morgan fingerprint density at radius 1 is 0.935 bits per heavy atom. The average Bonchev–Trinajstić information content (AvgIpc) is 3.13. The fraction of sp³-hybridized carbons (Fsp3) is 0.167. The van der Waals surface area contributed by atoms with Crippen LogP contribution in [0.25, 0.3) is 10.9 Å². The zero-order chi connectivity index (χ0) is 21.7. The van der Waals surface area contributed by atoms with Crippen LogP contribution in [0.1, 0.15) is 11.1 Å². The van der Waals surface area contributed by atoms with E-state index in [1.165, 1.54) is 0 Å². The molecule has 31 heavy (non-hydrogen) atoms. The Kier molecular flexibility index (Phi) is 6.25. The molecule has 160 valence electrons. The van der Waals surface area contributed by atoms with Crippen molar-refractivity contribution in [2.24, 2.45) is 0 Å². The smallest absolute Gasteiger partial charge is 0.229 e. The van der Waals surface area contributed by atoms with Crippen molar-refractivity contribution in [1.29, 1.82) is 0 Å². The van der Waals surface area contributed by atoms with E-state index in [4.69, 9.17) is 4.74 Å². The lowest BCUT2D eigenvalue weighted by molar-refractivity contribution is 0.481. The molecule has 6 nitrogen and oxygen atoms in total. The standard InChI is InChI=1S/C24H25N3O3S/c1-31(28,29)27-20-10-11-24-23(15-20)19(17-26-24)12-13-25-16-18-6-5-9-22(14-18)30-21-7-3-2-4-8-21/h2-11,14-15,17,25-27H,12-13,16H2,1H3. The Morgan fingerprint density at radius 2 is 1.74 bits per heavy atom. The second-order valence-corrected chi connectivity index (χ2v) is 9.19. The van der Waals surface area contributed by atoms with Gasteiger partial charge >= 0.3 is 0 Å². The van der Waals surface area contributed by atoms with E-state index < -0.39 is 10.0 Å². The Hall–Kier alpha value is -3.29. The quantitative estimate of drug-likeness (QED) is 0.334. The van der Waals surface area contributed by atoms with Crippen molar-refractivity contribution < 1.29 is 13.2 Å². The van der Waals surface area contributed by atoms with Gasteiger partial charge in [-0.2, -0.15) is 0 Å². The lowest BCUT2D eigenvalue weighted by Crippen LogP contribution is -2.16. The number of H-pyrrole nitrogens is 1. The monoisotopic (exact) mass is 435 g/mol. The van der Waals surface area contributed by atoms with Gasteiger partial charge in [0.1, 0.15) is 11.5 Å². The zero-order valence-electron chi connectivity index (χ0n) is 17.3. The molecule has 7 heteroatoms. The first-order valence-corrected chi connectivity index (χ1v) is 12.0. The molecule has 0 saturated carbocycles. The number of sulfonamides is 1. The Bertz CT molecular complexity index is 1270. The molecule has 0 amide bonds. The van der Waals surface area contributed by atoms with Crippen molar-refractivity contribution >= 4 is 26.6 Å². The van der Waals surface area contributed by atoms with E-state index in [2.05, 4.69) is 21.1 Å². The van der Waals surface area contributed by atoms with Crippen LogP contribution < -0.4 is 14.8 Å². The van der Waals surface area contributed by atoms with Crippen LogP contribution in [0.3, 0.4) is 0 Å². The third-order valence-electron chi connectivity index (χ3n) is 4.85. The van der Waals surface area contributed by atoms with Crippen LogP contribution in [-0.4, -0.2) is 26.2 Å². The van der Waals surface area contributed by atoms with Crippen LogP contribution in [0, 0.1) is 0 Å². The number of nitrogens with one attached hydrogen (secondary N) is 3. The van der Waals surface area contributed by atoms with Gasteiger partial charge in [-0.25, -0.2) is 8.42 Å². The maximum absolute atomic E-state index is 11.5. The largest absolute Gasteiger partial charge is 0.457 e. The van der Waals surface area contributed by atoms with Gasteiger partial charge in [-0.15, -0.1) is 0 Å². The van der Waals surface area contributed by atoms with Crippen LogP contribution in [-0.2, 0) is 23.0 Å². The number of benzene rings is 3. The highest BCUT2D eigenvalue weighted by Crippen LogP contribution is 2.24. The van der Waals surface area contributed by atoms with E-state index >= 15 is 0 Å². The summed E-state index contributed by atoms with van der Waals surface area (Å²) in [5.74, 6) is 1.63. The summed E-state index contributed by atoms with van der Waals surface area (Å²) in [6.45, 7) is 1.52. The van der Waals surface area contributed by atoms with E-state index in [0.29, 0.717) is 5.69 Å². The molecule has 0 aliphatic carbocycles. The number of aromatic nitrogens is 1. The normalized spacial score (nSPS) is 11.5. The van der Waals surface area contributed by atoms with E-state index in [0.717, 1.165) is 59.3 Å². The molecule has 0 unspecified atom stereocenters. The predicted octanol–water partition coefficient (Wildman–Crippen LogP) is 4.66. The summed E-state index contributed by atoms with van der Waals surface area (Å²) in [7, 11) is -3.30. The number of rotatable bonds is 9. The minimum absolute atomic E-state index is 0.569. The Labute approximate surface area is 182 Å². The summed E-state index contributed by atoms with van der Waals surface area (Å²) >= 11 is 0. The van der Waals surface area contributed by atoms with Gasteiger partial charge in [0.2, 0.25) is 10.0 Å². The predicted molar refractivity (Wildman–Crippen MR) is 125 cm³/mol. The van der Waals surface area contributed by atoms with E-state index in [9.17, 15) is 8.42 Å². The highest BCUT2D eigenvalue weighted by atomic mass is 32.2. The zero-order valence-corrected chi connectivity index (χ0v) is 18.1. The molecule has 0 saturated heterocycles. The summed E-state index contributed by atoms with van der Waals surface area (Å²) in [6.07, 6.45) is 3.95. The summed E-state index contributed by atoms with van der Waals surface area (Å²) in [6, 6.07) is 23.3. The maximum atomic E-state index is 11.5. The number of ether oxygens (including phenoxy) is 1. The van der Waals surface area contributed by atoms with Crippen LogP contribution in [0.2, 0.25) is 0 Å². The van der Waals surface area contributed by atoms with Gasteiger partial charge in [0, 0.05) is 29.3 Å². The number of fused-ring (bicyclic) bond motifs is 1. The highest BCUT2D eigenvalue weighted by Gasteiger charge is 2.07. The Balaban J connectivity index is 1.34. The second kappa shape index (κ2) is 9.24.